The molecule has 0 heterocycles. The molecule has 0 aromatic heterocycles. The number of hydrogen-bond donors (Lipinski definition) is 2. The Balaban J connectivity index is 2.28. The number of ether oxygens (including phenoxy) is 2. The Morgan fingerprint density at radius 1 is 1.18 bits per heavy atom. The fourth-order valence-electron chi connectivity index (χ4n) is 1.89. The van der Waals surface area contributed by atoms with Gasteiger partial charge in [-0.15, -0.1) is 0 Å². The van der Waals surface area contributed by atoms with Crippen molar-refractivity contribution < 1.29 is 24.2 Å². The molecule has 0 spiro atoms. The highest BCUT2D eigenvalue weighted by molar-refractivity contribution is 5.81. The third-order valence-corrected chi connectivity index (χ3v) is 3.02. The van der Waals surface area contributed by atoms with Crippen LogP contribution in [0.1, 0.15) is 18.4 Å². The Morgan fingerprint density at radius 2 is 1.91 bits per heavy atom. The zero-order valence-electron chi connectivity index (χ0n) is 12.8. The molecule has 122 valence electrons. The maximum Gasteiger partial charge on any atom is 0.306 e. The number of methoxy groups -OCH3 is 1. The van der Waals surface area contributed by atoms with Gasteiger partial charge in [-0.3, -0.25) is 9.59 Å². The molecular formula is C16H23NO5. The molecule has 1 amide bonds. The number of aliphatic hydroxyl groups excluding tert-OH is 1. The van der Waals surface area contributed by atoms with Crippen LogP contribution < -0.4 is 5.32 Å². The molecule has 1 aromatic carbocycles. The van der Waals surface area contributed by atoms with Crippen LogP contribution in [0.3, 0.4) is 0 Å². The van der Waals surface area contributed by atoms with Crippen LogP contribution in [0.15, 0.2) is 30.3 Å². The average molecular weight is 309 g/mol. The van der Waals surface area contributed by atoms with Crippen molar-refractivity contribution in [2.45, 2.75) is 25.3 Å². The van der Waals surface area contributed by atoms with Gasteiger partial charge in [-0.25, -0.2) is 0 Å². The Morgan fingerprint density at radius 3 is 2.55 bits per heavy atom. The van der Waals surface area contributed by atoms with E-state index in [0.717, 1.165) is 5.56 Å². The molecule has 2 N–H and O–H groups in total. The first-order valence-corrected chi connectivity index (χ1v) is 7.24. The molecule has 1 unspecified atom stereocenters. The molecule has 0 radical (unpaired) electrons. The van der Waals surface area contributed by atoms with Crippen LogP contribution in [-0.2, 0) is 25.5 Å². The third-order valence-electron chi connectivity index (χ3n) is 3.02. The summed E-state index contributed by atoms with van der Waals surface area (Å²) in [6, 6.07) is 9.22. The fourth-order valence-corrected chi connectivity index (χ4v) is 1.89. The molecule has 1 aromatic rings. The first kappa shape index (κ1) is 18.1. The zero-order chi connectivity index (χ0) is 16.2. The van der Waals surface area contributed by atoms with E-state index in [1.807, 2.05) is 30.3 Å². The van der Waals surface area contributed by atoms with E-state index in [4.69, 9.17) is 9.47 Å². The third kappa shape index (κ3) is 7.75. The number of hydrogen-bond acceptors (Lipinski definition) is 5. The summed E-state index contributed by atoms with van der Waals surface area (Å²) in [6.45, 7) is 0.366. The predicted octanol–water partition coefficient (Wildman–Crippen LogP) is 0.676. The highest BCUT2D eigenvalue weighted by Gasteiger charge is 2.13. The van der Waals surface area contributed by atoms with Crippen molar-refractivity contribution in [3.63, 3.8) is 0 Å². The summed E-state index contributed by atoms with van der Waals surface area (Å²) in [5, 5.41) is 12.1. The van der Waals surface area contributed by atoms with Gasteiger partial charge in [0.05, 0.1) is 25.7 Å². The number of aliphatic hydroxyl groups is 1. The molecule has 0 aliphatic rings. The second-order valence-corrected chi connectivity index (χ2v) is 4.85. The Hall–Kier alpha value is -1.92. The van der Waals surface area contributed by atoms with Crippen LogP contribution in [0.2, 0.25) is 0 Å². The number of carbonyl (C=O) groups is 2. The number of esters is 1. The lowest BCUT2D eigenvalue weighted by molar-refractivity contribution is -0.146. The standard InChI is InChI=1S/C16H23NO5/c1-21-9-10-22-16(20)8-7-15(19)17-14(12-18)11-13-5-3-2-4-6-13/h2-6,14,18H,7-12H2,1H3,(H,17,19). The van der Waals surface area contributed by atoms with Crippen molar-refractivity contribution in [2.75, 3.05) is 26.9 Å². The summed E-state index contributed by atoms with van der Waals surface area (Å²) < 4.78 is 9.62. The van der Waals surface area contributed by atoms with Crippen LogP contribution in [0.25, 0.3) is 0 Å². The van der Waals surface area contributed by atoms with E-state index in [1.54, 1.807) is 0 Å². The predicted molar refractivity (Wildman–Crippen MR) is 81.2 cm³/mol. The SMILES string of the molecule is COCCOC(=O)CCC(=O)NC(CO)Cc1ccccc1. The molecule has 0 aliphatic carbocycles. The smallest absolute Gasteiger partial charge is 0.306 e. The van der Waals surface area contributed by atoms with E-state index in [0.29, 0.717) is 13.0 Å². The van der Waals surface area contributed by atoms with Gasteiger partial charge in [-0.05, 0) is 12.0 Å². The minimum Gasteiger partial charge on any atom is -0.463 e. The second kappa shape index (κ2) is 10.8. The molecule has 22 heavy (non-hydrogen) atoms. The van der Waals surface area contributed by atoms with Gasteiger partial charge in [0, 0.05) is 13.5 Å². The van der Waals surface area contributed by atoms with Crippen molar-refractivity contribution in [1.29, 1.82) is 0 Å². The molecule has 0 saturated carbocycles. The molecule has 1 atom stereocenters. The number of amides is 1. The van der Waals surface area contributed by atoms with Crippen molar-refractivity contribution in [3.05, 3.63) is 35.9 Å². The number of benzene rings is 1. The summed E-state index contributed by atoms with van der Waals surface area (Å²) in [7, 11) is 1.52. The van der Waals surface area contributed by atoms with Gasteiger partial charge in [0.25, 0.3) is 0 Å². The lowest BCUT2D eigenvalue weighted by atomic mass is 10.1. The van der Waals surface area contributed by atoms with E-state index in [2.05, 4.69) is 5.32 Å². The minimum atomic E-state index is -0.434. The van der Waals surface area contributed by atoms with Crippen molar-refractivity contribution >= 4 is 11.9 Å². The first-order valence-electron chi connectivity index (χ1n) is 7.24. The van der Waals surface area contributed by atoms with Gasteiger partial charge in [0.2, 0.25) is 5.91 Å². The second-order valence-electron chi connectivity index (χ2n) is 4.85. The molecule has 6 heteroatoms. The quantitative estimate of drug-likeness (QED) is 0.490. The van der Waals surface area contributed by atoms with Gasteiger partial charge >= 0.3 is 5.97 Å². The topological polar surface area (TPSA) is 84.9 Å². The maximum absolute atomic E-state index is 11.8. The Labute approximate surface area is 130 Å². The van der Waals surface area contributed by atoms with Gasteiger partial charge < -0.3 is 19.9 Å². The van der Waals surface area contributed by atoms with Gasteiger partial charge in [0.15, 0.2) is 0 Å². The van der Waals surface area contributed by atoms with Crippen LogP contribution in [0.5, 0.6) is 0 Å². The normalized spacial score (nSPS) is 11.7. The zero-order valence-corrected chi connectivity index (χ0v) is 12.8. The highest BCUT2D eigenvalue weighted by Crippen LogP contribution is 2.03. The molecule has 0 fully saturated rings. The van der Waals surface area contributed by atoms with Crippen molar-refractivity contribution in [3.8, 4) is 0 Å². The Bertz CT molecular complexity index is 449. The van der Waals surface area contributed by atoms with E-state index in [-0.39, 0.29) is 38.0 Å². The van der Waals surface area contributed by atoms with Crippen LogP contribution >= 0.6 is 0 Å². The lowest BCUT2D eigenvalue weighted by Crippen LogP contribution is -2.39. The highest BCUT2D eigenvalue weighted by atomic mass is 16.6. The monoisotopic (exact) mass is 309 g/mol. The van der Waals surface area contributed by atoms with Crippen molar-refractivity contribution in [2.24, 2.45) is 0 Å². The van der Waals surface area contributed by atoms with E-state index < -0.39 is 5.97 Å². The molecule has 1 rings (SSSR count). The largest absolute Gasteiger partial charge is 0.463 e. The molecule has 0 bridgehead atoms. The summed E-state index contributed by atoms with van der Waals surface area (Å²) in [4.78, 5) is 23.1. The van der Waals surface area contributed by atoms with E-state index in [1.165, 1.54) is 7.11 Å². The van der Waals surface area contributed by atoms with Crippen molar-refractivity contribution in [1.82, 2.24) is 5.32 Å². The molecular weight excluding hydrogens is 286 g/mol. The summed E-state index contributed by atoms with van der Waals surface area (Å²) in [6.07, 6.45) is 0.595. The Kier molecular flexibility index (Phi) is 8.86. The summed E-state index contributed by atoms with van der Waals surface area (Å²) >= 11 is 0. The maximum atomic E-state index is 11.8. The van der Waals surface area contributed by atoms with E-state index in [9.17, 15) is 14.7 Å². The average Bonchev–Trinajstić information content (AvgIpc) is 2.53. The number of carbonyl (C=O) groups excluding carboxylic acids is 2. The number of rotatable bonds is 10. The molecule has 0 saturated heterocycles. The fraction of sp³-hybridized carbons (Fsp3) is 0.500. The van der Waals surface area contributed by atoms with E-state index >= 15 is 0 Å². The van der Waals surface area contributed by atoms with Crippen LogP contribution in [0.4, 0.5) is 0 Å². The van der Waals surface area contributed by atoms with Gasteiger partial charge in [0.1, 0.15) is 6.61 Å². The van der Waals surface area contributed by atoms with Gasteiger partial charge in [-0.1, -0.05) is 30.3 Å². The molecule has 6 nitrogen and oxygen atoms in total. The summed E-state index contributed by atoms with van der Waals surface area (Å²) in [5.74, 6) is -0.713. The lowest BCUT2D eigenvalue weighted by Gasteiger charge is -2.16. The summed E-state index contributed by atoms with van der Waals surface area (Å²) in [5.41, 5.74) is 1.03. The molecule has 0 aliphatic heterocycles. The minimum absolute atomic E-state index is 0.0129. The van der Waals surface area contributed by atoms with Crippen LogP contribution in [0, 0.1) is 0 Å². The van der Waals surface area contributed by atoms with Crippen LogP contribution in [-0.4, -0.2) is 50.0 Å². The first-order chi connectivity index (χ1) is 10.7. The van der Waals surface area contributed by atoms with Gasteiger partial charge in [-0.2, -0.15) is 0 Å². The number of nitrogens with one attached hydrogen (secondary N) is 1.